The maximum absolute atomic E-state index is 15.3. The molecule has 63 heavy (non-hydrogen) atoms. The molecule has 0 radical (unpaired) electrons. The molecule has 2 saturated heterocycles. The largest absolute Gasteiger partial charge is 0.370 e. The lowest BCUT2D eigenvalue weighted by molar-refractivity contribution is -0.158. The second-order valence-electron chi connectivity index (χ2n) is 17.3. The van der Waals surface area contributed by atoms with Crippen LogP contribution in [0, 0.1) is 5.92 Å². The van der Waals surface area contributed by atoms with Crippen LogP contribution in [-0.4, -0.2) is 112 Å². The third-order valence-corrected chi connectivity index (χ3v) is 12.7. The van der Waals surface area contributed by atoms with Crippen LogP contribution in [0.1, 0.15) is 94.6 Å². The zero-order chi connectivity index (χ0) is 44.9. The molecule has 3 aliphatic rings. The van der Waals surface area contributed by atoms with Gasteiger partial charge in [0.05, 0.1) is 6.04 Å². The molecule has 1 saturated carbocycles. The van der Waals surface area contributed by atoms with E-state index in [4.69, 9.17) is 22.9 Å². The molecule has 12 N–H and O–H groups in total. The number of amides is 6. The van der Waals surface area contributed by atoms with Crippen molar-refractivity contribution in [2.45, 2.75) is 133 Å². The number of nitrogens with one attached hydrogen (secondary N) is 4. The van der Waals surface area contributed by atoms with Crippen molar-refractivity contribution in [2.75, 3.05) is 19.6 Å². The van der Waals surface area contributed by atoms with Gasteiger partial charge in [0.2, 0.25) is 29.5 Å². The summed E-state index contributed by atoms with van der Waals surface area (Å²) in [5.74, 6) is -3.99. The highest BCUT2D eigenvalue weighted by atomic mass is 16.2. The number of carbonyl (C=O) groups excluding carboxylic acids is 6. The zero-order valence-corrected chi connectivity index (χ0v) is 36.1. The molecule has 0 unspecified atom stereocenters. The molecule has 17 nitrogen and oxygen atoms in total. The van der Waals surface area contributed by atoms with Crippen LogP contribution < -0.4 is 38.9 Å². The number of H-pyrrole nitrogens is 1. The van der Waals surface area contributed by atoms with Gasteiger partial charge < -0.3 is 48.8 Å². The van der Waals surface area contributed by atoms with Gasteiger partial charge in [0, 0.05) is 36.6 Å². The summed E-state index contributed by atoms with van der Waals surface area (Å²) in [6.45, 7) is 0.598. The molecule has 6 amide bonds. The van der Waals surface area contributed by atoms with Crippen LogP contribution in [0.4, 0.5) is 0 Å². The van der Waals surface area contributed by atoms with Crippen molar-refractivity contribution < 1.29 is 28.8 Å². The molecule has 6 rings (SSSR count). The normalized spacial score (nSPS) is 23.6. The maximum atomic E-state index is 15.3. The maximum Gasteiger partial charge on any atom is 0.252 e. The second-order valence-corrected chi connectivity index (χ2v) is 17.3. The predicted octanol–water partition coefficient (Wildman–Crippen LogP) is 1.62. The fraction of sp³-hybridized carbons (Fsp3) is 0.543. The summed E-state index contributed by atoms with van der Waals surface area (Å²) in [6.07, 6.45) is 9.02. The van der Waals surface area contributed by atoms with Gasteiger partial charge in [-0.05, 0) is 87.4 Å². The Morgan fingerprint density at radius 2 is 1.46 bits per heavy atom. The van der Waals surface area contributed by atoms with Gasteiger partial charge in [-0.25, -0.2) is 0 Å². The Labute approximate surface area is 368 Å². The van der Waals surface area contributed by atoms with Crippen molar-refractivity contribution in [2.24, 2.45) is 33.8 Å². The van der Waals surface area contributed by atoms with Crippen molar-refractivity contribution in [3.8, 4) is 0 Å². The molecule has 2 aromatic carbocycles. The average Bonchev–Trinajstić information content (AvgIpc) is 3.94. The Morgan fingerprint density at radius 3 is 2.21 bits per heavy atom. The fourth-order valence-electron chi connectivity index (χ4n) is 9.35. The Morgan fingerprint density at radius 1 is 0.762 bits per heavy atom. The van der Waals surface area contributed by atoms with Crippen LogP contribution in [0.5, 0.6) is 0 Å². The number of hydrogen-bond acceptors (Lipinski definition) is 9. The Balaban J connectivity index is 1.46. The van der Waals surface area contributed by atoms with E-state index in [9.17, 15) is 19.2 Å². The number of hydrogen-bond donors (Lipinski definition) is 8. The number of aromatic amines is 1. The molecule has 1 aromatic heterocycles. The van der Waals surface area contributed by atoms with E-state index in [0.29, 0.717) is 38.6 Å². The number of nitrogens with two attached hydrogens (primary N) is 4. The Bertz CT molecular complexity index is 2080. The molecule has 3 heterocycles. The van der Waals surface area contributed by atoms with Crippen molar-refractivity contribution in [1.82, 2.24) is 30.7 Å². The Kier molecular flexibility index (Phi) is 16.7. The van der Waals surface area contributed by atoms with Gasteiger partial charge in [-0.1, -0.05) is 80.6 Å². The summed E-state index contributed by atoms with van der Waals surface area (Å²) < 4.78 is 0. The molecule has 6 atom stereocenters. The molecule has 1 aliphatic carbocycles. The lowest BCUT2D eigenvalue weighted by Gasteiger charge is -2.37. The van der Waals surface area contributed by atoms with E-state index in [-0.39, 0.29) is 57.1 Å². The molecular weight excluding hydrogens is 803 g/mol. The van der Waals surface area contributed by atoms with Crippen molar-refractivity contribution >= 4 is 52.3 Å². The minimum Gasteiger partial charge on any atom is -0.370 e. The summed E-state index contributed by atoms with van der Waals surface area (Å²) >= 11 is 0. The molecule has 3 aromatic rings. The first-order valence-electron chi connectivity index (χ1n) is 22.6. The first-order chi connectivity index (χ1) is 30.4. The number of aromatic nitrogens is 1. The van der Waals surface area contributed by atoms with Gasteiger partial charge >= 0.3 is 0 Å². The van der Waals surface area contributed by atoms with Gasteiger partial charge in [-0.3, -0.25) is 38.7 Å². The first kappa shape index (κ1) is 46.7. The third kappa shape index (κ3) is 12.2. The van der Waals surface area contributed by atoms with Gasteiger partial charge in [0.15, 0.2) is 5.96 Å². The number of nitrogens with zero attached hydrogens (tertiary/aromatic N) is 3. The molecule has 17 heteroatoms. The second kappa shape index (κ2) is 22.5. The highest BCUT2D eigenvalue weighted by Gasteiger charge is 2.46. The molecule has 0 spiro atoms. The lowest BCUT2D eigenvalue weighted by Crippen LogP contribution is -2.63. The number of benzene rings is 2. The van der Waals surface area contributed by atoms with Crippen LogP contribution in [0.15, 0.2) is 65.8 Å². The number of rotatable bonds is 15. The highest BCUT2D eigenvalue weighted by molar-refractivity contribution is 6.06. The van der Waals surface area contributed by atoms with E-state index >= 15 is 9.59 Å². The Hall–Kier alpha value is -5.81. The number of para-hydroxylation sites is 1. The van der Waals surface area contributed by atoms with E-state index in [1.807, 2.05) is 54.6 Å². The minimum atomic E-state index is -1.39. The first-order valence-corrected chi connectivity index (χ1v) is 22.6. The highest BCUT2D eigenvalue weighted by Crippen LogP contribution is 2.29. The van der Waals surface area contributed by atoms with Crippen LogP contribution in [0.3, 0.4) is 0 Å². The predicted molar refractivity (Wildman–Crippen MR) is 240 cm³/mol. The van der Waals surface area contributed by atoms with Crippen LogP contribution >= 0.6 is 0 Å². The van der Waals surface area contributed by atoms with Gasteiger partial charge in [-0.2, -0.15) is 0 Å². The van der Waals surface area contributed by atoms with E-state index < -0.39 is 71.7 Å². The van der Waals surface area contributed by atoms with E-state index in [2.05, 4.69) is 25.9 Å². The van der Waals surface area contributed by atoms with E-state index in [1.165, 1.54) is 4.90 Å². The standard InChI is InChI=1S/C46H65N11O6/c47-22-10-9-20-39-45(63)56-24-12-21-38(56)42(60)55-36(26-30-15-5-2-6-16-30)40(58)54-37(27-31-28-52-34-18-8-7-17-32(31)34)41(59)53-35(19-11-23-51-46(49)50)44(62)57(39)43(61)33(48)25-29-13-3-1-4-14-29/h1,3-4,7-8,13-14,17-18,28,30,33,35-39,52H,2,5-6,9-12,15-16,19-27,47-48H2,(H,53,59)(H,54,58)(H,55,60)(H4,49,50,51)/t33-,35-,36+,37-,38-,39-/m0/s1. The van der Waals surface area contributed by atoms with Gasteiger partial charge in [0.1, 0.15) is 30.2 Å². The molecule has 2 aliphatic heterocycles. The third-order valence-electron chi connectivity index (χ3n) is 12.7. The summed E-state index contributed by atoms with van der Waals surface area (Å²) in [7, 11) is 0. The molecule has 340 valence electrons. The summed E-state index contributed by atoms with van der Waals surface area (Å²) in [4.78, 5) is 98.8. The monoisotopic (exact) mass is 868 g/mol. The quantitative estimate of drug-likeness (QED) is 0.0621. The number of unbranched alkanes of at least 4 members (excludes halogenated alkanes) is 1. The fourth-order valence-corrected chi connectivity index (χ4v) is 9.35. The SMILES string of the molecule is NCCCC[C@H]1C(=O)N2CCC[C@H]2C(=O)N[C@H](CC2CCCCC2)C(=O)N[C@@H](Cc2c[nH]c3ccccc23)C(=O)N[C@@H](CCCN=C(N)N)C(=O)N1C(=O)[C@@H](N)Cc1ccccc1. The minimum absolute atomic E-state index is 0.0296. The average molecular weight is 868 g/mol. The number of imide groups is 1. The van der Waals surface area contributed by atoms with Crippen molar-refractivity contribution in [1.29, 1.82) is 0 Å². The van der Waals surface area contributed by atoms with Crippen LogP contribution in [0.2, 0.25) is 0 Å². The molecule has 3 fully saturated rings. The summed E-state index contributed by atoms with van der Waals surface area (Å²) in [5, 5.41) is 9.71. The number of aliphatic imine (C=N–C) groups is 1. The molecule has 0 bridgehead atoms. The van der Waals surface area contributed by atoms with Gasteiger partial charge in [-0.15, -0.1) is 0 Å². The van der Waals surface area contributed by atoms with Crippen LogP contribution in [0.25, 0.3) is 10.9 Å². The van der Waals surface area contributed by atoms with Gasteiger partial charge in [0.25, 0.3) is 5.91 Å². The summed E-state index contributed by atoms with van der Waals surface area (Å²) in [6, 6.07) is 9.44. The van der Waals surface area contributed by atoms with Crippen molar-refractivity contribution in [3.05, 3.63) is 71.9 Å². The number of guanidine groups is 1. The zero-order valence-electron chi connectivity index (χ0n) is 36.1. The topological polar surface area (TPSA) is 277 Å². The molecular formula is C46H65N11O6. The van der Waals surface area contributed by atoms with E-state index in [1.54, 1.807) is 6.20 Å². The number of fused-ring (bicyclic) bond motifs is 2. The van der Waals surface area contributed by atoms with E-state index in [0.717, 1.165) is 59.0 Å². The van der Waals surface area contributed by atoms with Crippen molar-refractivity contribution in [3.63, 3.8) is 0 Å². The lowest BCUT2D eigenvalue weighted by atomic mass is 9.84. The summed E-state index contributed by atoms with van der Waals surface area (Å²) in [5.41, 5.74) is 26.1. The van der Waals surface area contributed by atoms with Crippen LogP contribution in [-0.2, 0) is 41.6 Å². The smallest absolute Gasteiger partial charge is 0.252 e. The number of carbonyl (C=O) groups is 6.